The molecule has 0 aromatic carbocycles. The maximum atomic E-state index is 13.5. The van der Waals surface area contributed by atoms with Crippen molar-refractivity contribution >= 4 is 27.6 Å². The highest BCUT2D eigenvalue weighted by Gasteiger charge is 2.35. The molecule has 0 aliphatic heterocycles. The number of aromatic nitrogens is 8. The maximum Gasteiger partial charge on any atom is 0.240 e. The monoisotopic (exact) mass is 545 g/mol. The predicted molar refractivity (Wildman–Crippen MR) is 134 cm³/mol. The third kappa shape index (κ3) is 5.65. The van der Waals surface area contributed by atoms with Gasteiger partial charge in [-0.05, 0) is 19.9 Å². The first kappa shape index (κ1) is 26.3. The molecule has 0 aliphatic carbocycles. The number of rotatable bonds is 10. The minimum absolute atomic E-state index is 0.0327. The van der Waals surface area contributed by atoms with Crippen LogP contribution in [0.15, 0.2) is 49.3 Å². The fourth-order valence-corrected chi connectivity index (χ4v) is 4.83. The lowest BCUT2D eigenvalue weighted by Crippen LogP contribution is -2.33. The van der Waals surface area contributed by atoms with Gasteiger partial charge in [-0.1, -0.05) is 17.7 Å². The van der Waals surface area contributed by atoms with Gasteiger partial charge in [0.25, 0.3) is 0 Å². The molecule has 3 atom stereocenters. The van der Waals surface area contributed by atoms with Gasteiger partial charge in [0.2, 0.25) is 21.9 Å². The van der Waals surface area contributed by atoms with Crippen molar-refractivity contribution in [1.82, 2.24) is 39.7 Å². The summed E-state index contributed by atoms with van der Waals surface area (Å²) in [5.41, 5.74) is 1.13. The number of ether oxygens (including phenoxy) is 2. The minimum Gasteiger partial charge on any atom is -0.481 e. The Bertz CT molecular complexity index is 1450. The Morgan fingerprint density at radius 1 is 1.03 bits per heavy atom. The Morgan fingerprint density at radius 2 is 1.73 bits per heavy atom. The van der Waals surface area contributed by atoms with Crippen LogP contribution < -0.4 is 9.46 Å². The zero-order valence-electron chi connectivity index (χ0n) is 20.3. The van der Waals surface area contributed by atoms with Crippen LogP contribution in [0.25, 0.3) is 11.5 Å². The molecule has 4 aromatic rings. The summed E-state index contributed by atoms with van der Waals surface area (Å²) < 4.78 is 41.8. The van der Waals surface area contributed by atoms with Crippen LogP contribution in [0.2, 0.25) is 5.02 Å². The Hall–Kier alpha value is -3.75. The summed E-state index contributed by atoms with van der Waals surface area (Å²) in [4.78, 5) is 20.8. The average molecular weight is 546 g/mol. The molecule has 15 heteroatoms. The molecule has 4 heterocycles. The Kier molecular flexibility index (Phi) is 7.90. The van der Waals surface area contributed by atoms with Crippen LogP contribution in [-0.4, -0.2) is 67.6 Å². The smallest absolute Gasteiger partial charge is 0.240 e. The number of halogens is 1. The van der Waals surface area contributed by atoms with E-state index in [1.54, 1.807) is 35.2 Å². The third-order valence-electron chi connectivity index (χ3n) is 5.61. The lowest BCUT2D eigenvalue weighted by molar-refractivity contribution is 0.0950. The van der Waals surface area contributed by atoms with Crippen molar-refractivity contribution in [3.8, 4) is 17.4 Å². The van der Waals surface area contributed by atoms with Gasteiger partial charge >= 0.3 is 0 Å². The van der Waals surface area contributed by atoms with E-state index in [4.69, 9.17) is 21.1 Å². The Labute approximate surface area is 218 Å². The molecule has 37 heavy (non-hydrogen) atoms. The van der Waals surface area contributed by atoms with Gasteiger partial charge in [0.05, 0.1) is 18.2 Å². The van der Waals surface area contributed by atoms with Gasteiger partial charge in [-0.3, -0.25) is 9.29 Å². The molecule has 1 N–H and O–H groups in total. The molecule has 0 fully saturated rings. The molecule has 0 saturated carbocycles. The molecule has 0 amide bonds. The van der Waals surface area contributed by atoms with Crippen molar-refractivity contribution in [1.29, 1.82) is 0 Å². The number of sulfonamides is 1. The van der Waals surface area contributed by atoms with Gasteiger partial charge in [-0.25, -0.2) is 33.3 Å². The number of pyridine rings is 1. The summed E-state index contributed by atoms with van der Waals surface area (Å²) in [5, 5.41) is 7.59. The van der Waals surface area contributed by atoms with Gasteiger partial charge in [-0.15, -0.1) is 10.2 Å². The standard InChI is InChI=1S/C22H24ClN9O4S/c1-13(15-8-24-12-25-9-15)32-21(17-6-5-7-18(28-17)35-3)29-30-22(32)31-37(33,34)14(2)19(36-4)20-26-10-16(23)11-27-20/h5-14,19H,1-4H3,(H,30,31)/t13-,14-,19-/m0/s1. The lowest BCUT2D eigenvalue weighted by atomic mass is 10.1. The lowest BCUT2D eigenvalue weighted by Gasteiger charge is -2.23. The zero-order valence-corrected chi connectivity index (χ0v) is 21.9. The van der Waals surface area contributed by atoms with Gasteiger partial charge in [-0.2, -0.15) is 0 Å². The molecule has 0 bridgehead atoms. The van der Waals surface area contributed by atoms with Crippen molar-refractivity contribution in [2.75, 3.05) is 18.9 Å². The maximum absolute atomic E-state index is 13.5. The van der Waals surface area contributed by atoms with Crippen molar-refractivity contribution in [3.05, 3.63) is 65.7 Å². The van der Waals surface area contributed by atoms with Gasteiger partial charge in [0, 0.05) is 43.5 Å². The summed E-state index contributed by atoms with van der Waals surface area (Å²) in [6.07, 6.45) is 6.42. The summed E-state index contributed by atoms with van der Waals surface area (Å²) in [7, 11) is -1.22. The van der Waals surface area contributed by atoms with E-state index in [9.17, 15) is 8.42 Å². The molecule has 0 saturated heterocycles. The number of methoxy groups -OCH3 is 2. The first-order chi connectivity index (χ1) is 17.7. The molecule has 0 unspecified atom stereocenters. The van der Waals surface area contributed by atoms with E-state index in [1.807, 2.05) is 6.92 Å². The number of anilines is 1. The fraction of sp³-hybridized carbons (Fsp3) is 0.318. The SMILES string of the molecule is COc1cccc(-c2nnc(NS(=O)(=O)[C@@H](C)[C@H](OC)c3ncc(Cl)cn3)n2[C@@H](C)c2cncnc2)n1. The van der Waals surface area contributed by atoms with Crippen LogP contribution in [-0.2, 0) is 14.8 Å². The summed E-state index contributed by atoms with van der Waals surface area (Å²) in [6.45, 7) is 3.32. The fourth-order valence-electron chi connectivity index (χ4n) is 3.59. The number of nitrogens with one attached hydrogen (secondary N) is 1. The van der Waals surface area contributed by atoms with Crippen LogP contribution in [0.3, 0.4) is 0 Å². The van der Waals surface area contributed by atoms with Gasteiger partial charge in [0.1, 0.15) is 23.4 Å². The Balaban J connectivity index is 1.75. The molecule has 0 spiro atoms. The van der Waals surface area contributed by atoms with Crippen LogP contribution in [0.5, 0.6) is 5.88 Å². The van der Waals surface area contributed by atoms with Crippen LogP contribution in [0.1, 0.15) is 37.4 Å². The molecule has 13 nitrogen and oxygen atoms in total. The molecule has 0 aliphatic rings. The summed E-state index contributed by atoms with van der Waals surface area (Å²) in [6, 6.07) is 4.69. The predicted octanol–water partition coefficient (Wildman–Crippen LogP) is 2.71. The summed E-state index contributed by atoms with van der Waals surface area (Å²) in [5.74, 6) is 0.811. The first-order valence-corrected chi connectivity index (χ1v) is 12.9. The normalized spacial score (nSPS) is 14.1. The highest BCUT2D eigenvalue weighted by Crippen LogP contribution is 2.30. The number of nitrogens with zero attached hydrogens (tertiary/aromatic N) is 8. The van der Waals surface area contributed by atoms with Crippen molar-refractivity contribution in [2.45, 2.75) is 31.2 Å². The molecule has 194 valence electrons. The minimum atomic E-state index is -4.09. The summed E-state index contributed by atoms with van der Waals surface area (Å²) >= 11 is 5.87. The second kappa shape index (κ2) is 11.1. The van der Waals surface area contributed by atoms with E-state index in [2.05, 4.69) is 39.8 Å². The number of hydrogen-bond donors (Lipinski definition) is 1. The molecular weight excluding hydrogens is 522 g/mol. The van der Waals surface area contributed by atoms with Crippen LogP contribution in [0.4, 0.5) is 5.95 Å². The average Bonchev–Trinajstić information content (AvgIpc) is 3.32. The second-order valence-corrected chi connectivity index (χ2v) is 10.4. The van der Waals surface area contributed by atoms with Crippen molar-refractivity contribution in [3.63, 3.8) is 0 Å². The van der Waals surface area contributed by atoms with E-state index in [0.717, 1.165) is 0 Å². The molecule has 4 rings (SSSR count). The Morgan fingerprint density at radius 3 is 2.38 bits per heavy atom. The van der Waals surface area contributed by atoms with E-state index < -0.39 is 27.4 Å². The highest BCUT2D eigenvalue weighted by molar-refractivity contribution is 7.93. The quantitative estimate of drug-likeness (QED) is 0.312. The van der Waals surface area contributed by atoms with E-state index in [1.165, 1.54) is 39.9 Å². The molecular formula is C22H24ClN9O4S. The van der Waals surface area contributed by atoms with Crippen molar-refractivity contribution in [2.24, 2.45) is 0 Å². The topological polar surface area (TPSA) is 160 Å². The first-order valence-electron chi connectivity index (χ1n) is 11.0. The third-order valence-corrected chi connectivity index (χ3v) is 7.49. The van der Waals surface area contributed by atoms with Crippen molar-refractivity contribution < 1.29 is 17.9 Å². The van der Waals surface area contributed by atoms with Crippen LogP contribution >= 0.6 is 11.6 Å². The molecule has 0 radical (unpaired) electrons. The largest absolute Gasteiger partial charge is 0.481 e. The van der Waals surface area contributed by atoms with Crippen LogP contribution in [0, 0.1) is 0 Å². The van der Waals surface area contributed by atoms with E-state index in [0.29, 0.717) is 28.0 Å². The van der Waals surface area contributed by atoms with Gasteiger partial charge < -0.3 is 9.47 Å². The zero-order chi connectivity index (χ0) is 26.6. The van der Waals surface area contributed by atoms with E-state index in [-0.39, 0.29) is 11.8 Å². The van der Waals surface area contributed by atoms with E-state index >= 15 is 0 Å². The van der Waals surface area contributed by atoms with Gasteiger partial charge in [0.15, 0.2) is 11.6 Å². The molecule has 4 aromatic heterocycles. The number of hydrogen-bond acceptors (Lipinski definition) is 11. The second-order valence-electron chi connectivity index (χ2n) is 7.90. The highest BCUT2D eigenvalue weighted by atomic mass is 35.5.